The summed E-state index contributed by atoms with van der Waals surface area (Å²) in [5.41, 5.74) is 0.487. The van der Waals surface area contributed by atoms with Crippen molar-refractivity contribution >= 4 is 15.9 Å². The van der Waals surface area contributed by atoms with Crippen LogP contribution in [-0.2, 0) is 0 Å². The maximum Gasteiger partial charge on any atom is 0.231 e. The van der Waals surface area contributed by atoms with Gasteiger partial charge in [0.2, 0.25) is 5.88 Å². The molecular formula is C9H7BrN2O. The van der Waals surface area contributed by atoms with E-state index in [1.165, 1.54) is 0 Å². The van der Waals surface area contributed by atoms with Gasteiger partial charge in [-0.15, -0.1) is 0 Å². The van der Waals surface area contributed by atoms with E-state index in [2.05, 4.69) is 27.0 Å². The van der Waals surface area contributed by atoms with Crippen LogP contribution in [0, 0.1) is 11.3 Å². The first kappa shape index (κ1) is 8.52. The fourth-order valence-corrected chi connectivity index (χ4v) is 1.28. The summed E-state index contributed by atoms with van der Waals surface area (Å²) in [6.45, 7) is 0. The lowest BCUT2D eigenvalue weighted by Gasteiger charge is -2.04. The second kappa shape index (κ2) is 3.35. The molecule has 2 rings (SSSR count). The third kappa shape index (κ3) is 1.99. The highest BCUT2D eigenvalue weighted by Crippen LogP contribution is 2.28. The van der Waals surface area contributed by atoms with E-state index in [0.717, 1.165) is 17.3 Å². The topological polar surface area (TPSA) is 45.9 Å². The number of hydrogen-bond acceptors (Lipinski definition) is 3. The molecule has 0 spiro atoms. The van der Waals surface area contributed by atoms with Crippen molar-refractivity contribution in [3.05, 3.63) is 22.3 Å². The Balaban J connectivity index is 2.27. The van der Waals surface area contributed by atoms with Crippen LogP contribution in [0.3, 0.4) is 0 Å². The van der Waals surface area contributed by atoms with Gasteiger partial charge in [-0.05, 0) is 34.8 Å². The van der Waals surface area contributed by atoms with Crippen molar-refractivity contribution in [2.45, 2.75) is 18.9 Å². The van der Waals surface area contributed by atoms with Crippen LogP contribution in [-0.4, -0.2) is 11.1 Å². The fraction of sp³-hybridized carbons (Fsp3) is 0.333. The van der Waals surface area contributed by atoms with Crippen molar-refractivity contribution in [1.82, 2.24) is 4.98 Å². The molecule has 1 aliphatic carbocycles. The first-order chi connectivity index (χ1) is 6.29. The molecule has 0 atom stereocenters. The lowest BCUT2D eigenvalue weighted by Crippen LogP contribution is -2.00. The molecule has 1 aromatic heterocycles. The van der Waals surface area contributed by atoms with Crippen LogP contribution in [0.4, 0.5) is 0 Å². The minimum Gasteiger partial charge on any atom is -0.473 e. The van der Waals surface area contributed by atoms with Gasteiger partial charge in [-0.25, -0.2) is 4.98 Å². The lowest BCUT2D eigenvalue weighted by atomic mass is 10.3. The molecule has 0 saturated heterocycles. The van der Waals surface area contributed by atoms with Crippen molar-refractivity contribution in [1.29, 1.82) is 5.26 Å². The van der Waals surface area contributed by atoms with Gasteiger partial charge >= 0.3 is 0 Å². The minimum atomic E-state index is 0.278. The van der Waals surface area contributed by atoms with Gasteiger partial charge in [0.05, 0.1) is 0 Å². The monoisotopic (exact) mass is 238 g/mol. The Hall–Kier alpha value is -1.08. The van der Waals surface area contributed by atoms with Crippen LogP contribution in [0.15, 0.2) is 16.7 Å². The third-order valence-corrected chi connectivity index (χ3v) is 2.17. The Morgan fingerprint density at radius 1 is 1.62 bits per heavy atom. The number of halogens is 1. The molecule has 1 aliphatic rings. The molecule has 1 saturated carbocycles. The number of aromatic nitrogens is 1. The third-order valence-electron chi connectivity index (χ3n) is 1.74. The molecule has 0 aromatic carbocycles. The van der Waals surface area contributed by atoms with Gasteiger partial charge in [0.1, 0.15) is 17.7 Å². The van der Waals surface area contributed by atoms with E-state index < -0.39 is 0 Å². The second-order valence-corrected chi connectivity index (χ2v) is 3.85. The van der Waals surface area contributed by atoms with Gasteiger partial charge < -0.3 is 4.74 Å². The lowest BCUT2D eigenvalue weighted by molar-refractivity contribution is 0.290. The average Bonchev–Trinajstić information content (AvgIpc) is 2.92. The number of ether oxygens (including phenoxy) is 1. The molecule has 0 bridgehead atoms. The van der Waals surface area contributed by atoms with Gasteiger partial charge in [-0.1, -0.05) is 0 Å². The van der Waals surface area contributed by atoms with Crippen LogP contribution in [0.2, 0.25) is 0 Å². The quantitative estimate of drug-likeness (QED) is 0.795. The molecule has 0 radical (unpaired) electrons. The van der Waals surface area contributed by atoms with Gasteiger partial charge in [0.15, 0.2) is 0 Å². The maximum atomic E-state index is 8.79. The number of nitrogens with zero attached hydrogens (tertiary/aromatic N) is 2. The summed E-state index contributed by atoms with van der Waals surface area (Å²) in [5.74, 6) is 0.452. The largest absolute Gasteiger partial charge is 0.473 e. The molecule has 66 valence electrons. The molecule has 0 N–H and O–H groups in total. The van der Waals surface area contributed by atoms with Gasteiger partial charge in [-0.2, -0.15) is 5.26 Å². The summed E-state index contributed by atoms with van der Waals surface area (Å²) < 4.78 is 6.25. The van der Waals surface area contributed by atoms with Crippen molar-refractivity contribution in [2.75, 3.05) is 0 Å². The normalized spacial score (nSPS) is 15.1. The molecular weight excluding hydrogens is 232 g/mol. The Morgan fingerprint density at radius 2 is 2.38 bits per heavy atom. The van der Waals surface area contributed by atoms with E-state index in [0.29, 0.717) is 11.4 Å². The summed E-state index contributed by atoms with van der Waals surface area (Å²) >= 11 is 3.25. The molecule has 0 unspecified atom stereocenters. The van der Waals surface area contributed by atoms with Crippen LogP contribution in [0.5, 0.6) is 5.88 Å². The molecule has 13 heavy (non-hydrogen) atoms. The number of nitriles is 1. The minimum absolute atomic E-state index is 0.278. The van der Waals surface area contributed by atoms with E-state index >= 15 is 0 Å². The molecule has 1 aromatic rings. The van der Waals surface area contributed by atoms with E-state index in [1.807, 2.05) is 0 Å². The first-order valence-corrected chi connectivity index (χ1v) is 4.81. The highest BCUT2D eigenvalue weighted by atomic mass is 79.9. The van der Waals surface area contributed by atoms with Crippen molar-refractivity contribution in [3.8, 4) is 11.9 Å². The molecule has 0 aliphatic heterocycles. The summed E-state index contributed by atoms with van der Waals surface area (Å²) in [6, 6.07) is 3.77. The van der Waals surface area contributed by atoms with Crippen LogP contribution >= 0.6 is 15.9 Å². The van der Waals surface area contributed by atoms with Crippen molar-refractivity contribution in [2.24, 2.45) is 0 Å². The molecule has 4 heteroatoms. The number of hydrogen-bond donors (Lipinski definition) is 0. The predicted octanol–water partition coefficient (Wildman–Crippen LogP) is 2.26. The van der Waals surface area contributed by atoms with Crippen LogP contribution in [0.1, 0.15) is 18.4 Å². The van der Waals surface area contributed by atoms with Gasteiger partial charge in [0, 0.05) is 10.7 Å². The average molecular weight is 239 g/mol. The SMILES string of the molecule is N#Cc1cc(Br)cnc1OC1CC1. The fourth-order valence-electron chi connectivity index (χ4n) is 0.944. The maximum absolute atomic E-state index is 8.79. The van der Waals surface area contributed by atoms with Crippen molar-refractivity contribution < 1.29 is 4.74 Å². The van der Waals surface area contributed by atoms with E-state index in [-0.39, 0.29) is 6.10 Å². The van der Waals surface area contributed by atoms with Crippen LogP contribution in [0.25, 0.3) is 0 Å². The highest BCUT2D eigenvalue weighted by molar-refractivity contribution is 9.10. The molecule has 1 fully saturated rings. The van der Waals surface area contributed by atoms with Gasteiger partial charge in [0.25, 0.3) is 0 Å². The predicted molar refractivity (Wildman–Crippen MR) is 50.3 cm³/mol. The molecule has 1 heterocycles. The number of rotatable bonds is 2. The Labute approximate surface area is 84.5 Å². The smallest absolute Gasteiger partial charge is 0.231 e. The first-order valence-electron chi connectivity index (χ1n) is 4.02. The molecule has 3 nitrogen and oxygen atoms in total. The second-order valence-electron chi connectivity index (χ2n) is 2.94. The van der Waals surface area contributed by atoms with Crippen LogP contribution < -0.4 is 4.74 Å². The van der Waals surface area contributed by atoms with E-state index in [9.17, 15) is 0 Å². The Kier molecular flexibility index (Phi) is 2.19. The highest BCUT2D eigenvalue weighted by Gasteiger charge is 2.25. The summed E-state index contributed by atoms with van der Waals surface area (Å²) in [7, 11) is 0. The zero-order valence-corrected chi connectivity index (χ0v) is 8.41. The summed E-state index contributed by atoms with van der Waals surface area (Å²) in [6.07, 6.45) is 4.06. The van der Waals surface area contributed by atoms with Crippen molar-refractivity contribution in [3.63, 3.8) is 0 Å². The van der Waals surface area contributed by atoms with E-state index in [4.69, 9.17) is 10.00 Å². The van der Waals surface area contributed by atoms with Gasteiger partial charge in [-0.3, -0.25) is 0 Å². The zero-order chi connectivity index (χ0) is 9.26. The number of pyridine rings is 1. The Bertz CT molecular complexity index is 368. The molecule has 0 amide bonds. The summed E-state index contributed by atoms with van der Waals surface area (Å²) in [5, 5.41) is 8.79. The standard InChI is InChI=1S/C9H7BrN2O/c10-7-3-6(4-11)9(12-5-7)13-8-1-2-8/h3,5,8H,1-2H2. The Morgan fingerprint density at radius 3 is 3.00 bits per heavy atom. The van der Waals surface area contributed by atoms with E-state index in [1.54, 1.807) is 12.3 Å². The summed E-state index contributed by atoms with van der Waals surface area (Å²) in [4.78, 5) is 4.04. The zero-order valence-electron chi connectivity index (χ0n) is 6.83.